The van der Waals surface area contributed by atoms with Gasteiger partial charge in [0.25, 0.3) is 0 Å². The van der Waals surface area contributed by atoms with E-state index in [-0.39, 0.29) is 0 Å². The number of benzene rings is 2. The van der Waals surface area contributed by atoms with Crippen molar-refractivity contribution < 1.29 is 0 Å². The summed E-state index contributed by atoms with van der Waals surface area (Å²) in [7, 11) is 0. The fourth-order valence-corrected chi connectivity index (χ4v) is 3.50. The lowest BCUT2D eigenvalue weighted by atomic mass is 10.2. The molecule has 3 rings (SSSR count). The maximum Gasteiger partial charge on any atom is 0.126 e. The van der Waals surface area contributed by atoms with E-state index in [4.69, 9.17) is 11.6 Å². The van der Waals surface area contributed by atoms with Crippen LogP contribution in [0.4, 0.5) is 0 Å². The minimum Gasteiger partial charge on any atom is -0.236 e. The van der Waals surface area contributed by atoms with Crippen LogP contribution in [0.1, 0.15) is 5.56 Å². The predicted octanol–water partition coefficient (Wildman–Crippen LogP) is 5.51. The molecule has 3 aromatic rings. The smallest absolute Gasteiger partial charge is 0.126 e. The molecule has 0 aliphatic carbocycles. The van der Waals surface area contributed by atoms with Crippen LogP contribution >= 0.6 is 38.9 Å². The number of nitrogens with zero attached hydrogens (tertiary/aromatic N) is 1. The molecule has 0 unspecified atom stereocenters. The maximum atomic E-state index is 6.20. The quantitative estimate of drug-likeness (QED) is 0.561. The maximum absolute atomic E-state index is 6.20. The van der Waals surface area contributed by atoms with Crippen molar-refractivity contribution in [3.8, 4) is 10.6 Å². The van der Waals surface area contributed by atoms with Gasteiger partial charge in [0.2, 0.25) is 0 Å². The highest BCUT2D eigenvalue weighted by Crippen LogP contribution is 2.34. The molecule has 1 heterocycles. The van der Waals surface area contributed by atoms with Crippen LogP contribution in [0.15, 0.2) is 42.5 Å². The van der Waals surface area contributed by atoms with Gasteiger partial charge in [-0.3, -0.25) is 0 Å². The van der Waals surface area contributed by atoms with E-state index >= 15 is 0 Å². The van der Waals surface area contributed by atoms with Crippen molar-refractivity contribution in [3.63, 3.8) is 0 Å². The second-order valence-electron chi connectivity index (χ2n) is 3.93. The van der Waals surface area contributed by atoms with E-state index in [0.717, 1.165) is 26.4 Å². The van der Waals surface area contributed by atoms with Crippen molar-refractivity contribution in [1.82, 2.24) is 4.98 Å². The number of hydrogen-bond donors (Lipinski definition) is 0. The van der Waals surface area contributed by atoms with Crippen molar-refractivity contribution in [2.75, 3.05) is 0 Å². The average molecular weight is 339 g/mol. The highest BCUT2D eigenvalue weighted by molar-refractivity contribution is 9.08. The lowest BCUT2D eigenvalue weighted by Gasteiger charge is -1.97. The summed E-state index contributed by atoms with van der Waals surface area (Å²) < 4.78 is 1.20. The Morgan fingerprint density at radius 1 is 1.17 bits per heavy atom. The van der Waals surface area contributed by atoms with E-state index in [1.807, 2.05) is 24.3 Å². The van der Waals surface area contributed by atoms with Crippen LogP contribution in [0.25, 0.3) is 20.8 Å². The Morgan fingerprint density at radius 3 is 2.78 bits per heavy atom. The van der Waals surface area contributed by atoms with Gasteiger partial charge in [-0.2, -0.15) is 0 Å². The van der Waals surface area contributed by atoms with E-state index in [1.54, 1.807) is 11.3 Å². The summed E-state index contributed by atoms with van der Waals surface area (Å²) in [4.78, 5) is 4.64. The van der Waals surface area contributed by atoms with E-state index < -0.39 is 0 Å². The molecule has 0 atom stereocenters. The Balaban J connectivity index is 2.17. The molecule has 0 amide bonds. The minimum atomic E-state index is 0.747. The fourth-order valence-electron chi connectivity index (χ4n) is 1.80. The molecule has 1 nitrogen and oxygen atoms in total. The van der Waals surface area contributed by atoms with Crippen LogP contribution in [0.5, 0.6) is 0 Å². The van der Waals surface area contributed by atoms with E-state index in [0.29, 0.717) is 0 Å². The number of alkyl halides is 1. The fraction of sp³-hybridized carbons (Fsp3) is 0.0714. The second kappa shape index (κ2) is 5.00. The predicted molar refractivity (Wildman–Crippen MR) is 82.7 cm³/mol. The van der Waals surface area contributed by atoms with Crippen LogP contribution in [-0.2, 0) is 5.33 Å². The van der Waals surface area contributed by atoms with Gasteiger partial charge in [0.15, 0.2) is 0 Å². The van der Waals surface area contributed by atoms with Gasteiger partial charge >= 0.3 is 0 Å². The van der Waals surface area contributed by atoms with Gasteiger partial charge in [-0.25, -0.2) is 4.98 Å². The molecule has 0 aliphatic rings. The Bertz CT molecular complexity index is 708. The monoisotopic (exact) mass is 337 g/mol. The average Bonchev–Trinajstić information content (AvgIpc) is 2.81. The van der Waals surface area contributed by atoms with E-state index in [2.05, 4.69) is 39.1 Å². The molecule has 1 aromatic heterocycles. The van der Waals surface area contributed by atoms with Crippen LogP contribution in [0.2, 0.25) is 5.02 Å². The van der Waals surface area contributed by atoms with Crippen LogP contribution in [0, 0.1) is 0 Å². The highest BCUT2D eigenvalue weighted by atomic mass is 79.9. The van der Waals surface area contributed by atoms with Gasteiger partial charge in [0.05, 0.1) is 15.2 Å². The molecule has 0 saturated heterocycles. The van der Waals surface area contributed by atoms with E-state index in [9.17, 15) is 0 Å². The molecule has 0 spiro atoms. The Hall–Kier alpha value is -0.900. The van der Waals surface area contributed by atoms with Crippen molar-refractivity contribution in [3.05, 3.63) is 53.1 Å². The van der Waals surface area contributed by atoms with Crippen LogP contribution in [0.3, 0.4) is 0 Å². The molecule has 0 bridgehead atoms. The van der Waals surface area contributed by atoms with Crippen molar-refractivity contribution in [2.24, 2.45) is 0 Å². The summed E-state index contributed by atoms with van der Waals surface area (Å²) >= 11 is 11.4. The third kappa shape index (κ3) is 2.18. The van der Waals surface area contributed by atoms with Crippen molar-refractivity contribution in [2.45, 2.75) is 5.33 Å². The third-order valence-electron chi connectivity index (χ3n) is 2.71. The summed E-state index contributed by atoms with van der Waals surface area (Å²) in [6.45, 7) is 0. The summed E-state index contributed by atoms with van der Waals surface area (Å²) in [5.41, 5.74) is 3.29. The van der Waals surface area contributed by atoms with Gasteiger partial charge in [-0.05, 0) is 23.8 Å². The number of hydrogen-bond acceptors (Lipinski definition) is 2. The van der Waals surface area contributed by atoms with Gasteiger partial charge in [-0.15, -0.1) is 11.3 Å². The zero-order valence-corrected chi connectivity index (χ0v) is 12.5. The summed E-state index contributed by atoms with van der Waals surface area (Å²) in [6.07, 6.45) is 0. The number of fused-ring (bicyclic) bond motifs is 1. The molecule has 0 N–H and O–H groups in total. The molecule has 2 aromatic carbocycles. The molecule has 0 saturated carbocycles. The largest absolute Gasteiger partial charge is 0.236 e. The molecule has 0 aliphatic heterocycles. The van der Waals surface area contributed by atoms with Gasteiger partial charge in [0.1, 0.15) is 5.01 Å². The summed E-state index contributed by atoms with van der Waals surface area (Å²) in [6, 6.07) is 14.1. The first kappa shape index (κ1) is 12.2. The summed E-state index contributed by atoms with van der Waals surface area (Å²) in [5.74, 6) is 0. The molecule has 90 valence electrons. The van der Waals surface area contributed by atoms with Gasteiger partial charge < -0.3 is 0 Å². The SMILES string of the molecule is Clc1ccccc1-c1nc2ccc(CBr)cc2s1. The molecule has 18 heavy (non-hydrogen) atoms. The second-order valence-corrected chi connectivity index (χ2v) is 5.93. The minimum absolute atomic E-state index is 0.747. The number of aromatic nitrogens is 1. The zero-order valence-electron chi connectivity index (χ0n) is 9.36. The first-order chi connectivity index (χ1) is 8.78. The van der Waals surface area contributed by atoms with Gasteiger partial charge in [-0.1, -0.05) is 51.8 Å². The number of thiazole rings is 1. The van der Waals surface area contributed by atoms with Crippen molar-refractivity contribution >= 4 is 49.1 Å². The Morgan fingerprint density at radius 2 is 2.00 bits per heavy atom. The molecular formula is C14H9BrClNS. The summed E-state index contributed by atoms with van der Waals surface area (Å²) in [5, 5.41) is 2.59. The molecule has 0 fully saturated rings. The number of rotatable bonds is 2. The molecule has 0 radical (unpaired) electrons. The standard InChI is InChI=1S/C14H9BrClNS/c15-8-9-5-6-12-13(7-9)18-14(17-12)10-3-1-2-4-11(10)16/h1-7H,8H2. The Kier molecular flexibility index (Phi) is 3.37. The lowest BCUT2D eigenvalue weighted by molar-refractivity contribution is 1.44. The topological polar surface area (TPSA) is 12.9 Å². The van der Waals surface area contributed by atoms with Crippen LogP contribution in [-0.4, -0.2) is 4.98 Å². The van der Waals surface area contributed by atoms with Crippen LogP contribution < -0.4 is 0 Å². The lowest BCUT2D eigenvalue weighted by Crippen LogP contribution is -1.77. The highest BCUT2D eigenvalue weighted by Gasteiger charge is 2.09. The zero-order chi connectivity index (χ0) is 12.5. The molecule has 4 heteroatoms. The first-order valence-corrected chi connectivity index (χ1v) is 7.80. The number of halogens is 2. The molecular weight excluding hydrogens is 330 g/mol. The van der Waals surface area contributed by atoms with E-state index in [1.165, 1.54) is 10.3 Å². The normalized spacial score (nSPS) is 11.0. The first-order valence-electron chi connectivity index (χ1n) is 5.48. The third-order valence-corrected chi connectivity index (χ3v) is 4.74. The van der Waals surface area contributed by atoms with Gasteiger partial charge in [0, 0.05) is 10.9 Å². The van der Waals surface area contributed by atoms with Crippen molar-refractivity contribution in [1.29, 1.82) is 0 Å². The Labute approximate surface area is 123 Å².